The number of rotatable bonds is 6. The van der Waals surface area contributed by atoms with E-state index in [1.165, 1.54) is 0 Å². The summed E-state index contributed by atoms with van der Waals surface area (Å²) in [4.78, 5) is 2.22. The summed E-state index contributed by atoms with van der Waals surface area (Å²) < 4.78 is 11.6. The average molecular weight is 345 g/mol. The molecule has 1 aromatic rings. The van der Waals surface area contributed by atoms with E-state index in [0.29, 0.717) is 13.1 Å². The number of hydrogen-bond acceptors (Lipinski definition) is 5. The first kappa shape index (κ1) is 15.6. The quantitative estimate of drug-likeness (QED) is 0.820. The van der Waals surface area contributed by atoms with Crippen molar-refractivity contribution in [3.8, 4) is 5.75 Å². The van der Waals surface area contributed by atoms with Crippen LogP contribution in [0.2, 0.25) is 0 Å². The molecule has 0 amide bonds. The number of halogens is 1. The van der Waals surface area contributed by atoms with Crippen molar-refractivity contribution in [1.82, 2.24) is 4.90 Å². The summed E-state index contributed by atoms with van der Waals surface area (Å²) >= 11 is 3.43. The molecule has 1 aliphatic rings. The molecule has 0 saturated carbocycles. The third-order valence-corrected chi connectivity index (χ3v) is 3.76. The van der Waals surface area contributed by atoms with E-state index in [0.717, 1.165) is 42.2 Å². The zero-order valence-electron chi connectivity index (χ0n) is 11.6. The number of anilines is 1. The van der Waals surface area contributed by atoms with Crippen LogP contribution in [0.3, 0.4) is 0 Å². The molecule has 112 valence electrons. The Hall–Kier alpha value is -0.820. The predicted molar refractivity (Wildman–Crippen MR) is 82.4 cm³/mol. The van der Waals surface area contributed by atoms with Crippen molar-refractivity contribution in [1.29, 1.82) is 0 Å². The van der Waals surface area contributed by atoms with Crippen LogP contribution in [0.25, 0.3) is 0 Å². The molecule has 1 heterocycles. The highest BCUT2D eigenvalue weighted by atomic mass is 79.9. The minimum atomic E-state index is -0.420. The molecule has 0 aromatic heterocycles. The number of nitrogens with one attached hydrogen (secondary N) is 1. The standard InChI is InChI=1S/C14H21BrN2O3/c1-19-14-3-2-11(15)8-13(14)16-9-12(18)10-17-4-6-20-7-5-17/h2-3,8,12,16,18H,4-7,9-10H2,1H3. The second kappa shape index (κ2) is 7.83. The summed E-state index contributed by atoms with van der Waals surface area (Å²) in [6.07, 6.45) is -0.420. The van der Waals surface area contributed by atoms with E-state index >= 15 is 0 Å². The zero-order valence-corrected chi connectivity index (χ0v) is 13.2. The maximum absolute atomic E-state index is 10.1. The van der Waals surface area contributed by atoms with E-state index in [2.05, 4.69) is 26.1 Å². The second-order valence-electron chi connectivity index (χ2n) is 4.79. The summed E-state index contributed by atoms with van der Waals surface area (Å²) in [6, 6.07) is 5.76. The van der Waals surface area contributed by atoms with Gasteiger partial charge in [0.1, 0.15) is 5.75 Å². The fraction of sp³-hybridized carbons (Fsp3) is 0.571. The Bertz CT molecular complexity index is 425. The average Bonchev–Trinajstić information content (AvgIpc) is 2.46. The number of aliphatic hydroxyl groups excluding tert-OH is 1. The van der Waals surface area contributed by atoms with Crippen LogP contribution in [0.15, 0.2) is 22.7 Å². The number of aliphatic hydroxyl groups is 1. The smallest absolute Gasteiger partial charge is 0.142 e. The van der Waals surface area contributed by atoms with E-state index in [1.54, 1.807) is 7.11 Å². The van der Waals surface area contributed by atoms with Gasteiger partial charge in [0.25, 0.3) is 0 Å². The lowest BCUT2D eigenvalue weighted by atomic mass is 10.2. The van der Waals surface area contributed by atoms with E-state index in [4.69, 9.17) is 9.47 Å². The van der Waals surface area contributed by atoms with Gasteiger partial charge in [-0.15, -0.1) is 0 Å². The van der Waals surface area contributed by atoms with Crippen LogP contribution < -0.4 is 10.1 Å². The number of benzene rings is 1. The van der Waals surface area contributed by atoms with Crippen LogP contribution in [0.1, 0.15) is 0 Å². The SMILES string of the molecule is COc1ccc(Br)cc1NCC(O)CN1CCOCC1. The van der Waals surface area contributed by atoms with Crippen LogP contribution >= 0.6 is 15.9 Å². The van der Waals surface area contributed by atoms with Gasteiger partial charge in [-0.2, -0.15) is 0 Å². The maximum atomic E-state index is 10.1. The number of morpholine rings is 1. The number of ether oxygens (including phenoxy) is 2. The van der Waals surface area contributed by atoms with Crippen molar-refractivity contribution in [3.05, 3.63) is 22.7 Å². The van der Waals surface area contributed by atoms with E-state index in [1.807, 2.05) is 18.2 Å². The van der Waals surface area contributed by atoms with Gasteiger partial charge in [-0.25, -0.2) is 0 Å². The van der Waals surface area contributed by atoms with Crippen molar-refractivity contribution in [2.45, 2.75) is 6.10 Å². The second-order valence-corrected chi connectivity index (χ2v) is 5.71. The minimum absolute atomic E-state index is 0.420. The molecule has 20 heavy (non-hydrogen) atoms. The number of β-amino-alcohol motifs (C(OH)–C–C–N with tert-alkyl or cyclic N) is 1. The predicted octanol–water partition coefficient (Wildman–Crippen LogP) is 1.56. The van der Waals surface area contributed by atoms with Gasteiger partial charge in [0.2, 0.25) is 0 Å². The number of nitrogens with zero attached hydrogens (tertiary/aromatic N) is 1. The van der Waals surface area contributed by atoms with Crippen LogP contribution in [0.4, 0.5) is 5.69 Å². The molecule has 0 bridgehead atoms. The summed E-state index contributed by atoms with van der Waals surface area (Å²) in [5.74, 6) is 0.770. The van der Waals surface area contributed by atoms with Gasteiger partial charge in [0, 0.05) is 30.7 Å². The highest BCUT2D eigenvalue weighted by molar-refractivity contribution is 9.10. The van der Waals surface area contributed by atoms with Crippen LogP contribution in [-0.4, -0.2) is 62.6 Å². The molecule has 2 rings (SSSR count). The first-order valence-corrected chi connectivity index (χ1v) is 7.54. The van der Waals surface area contributed by atoms with Crippen molar-refractivity contribution in [2.75, 3.05) is 51.8 Å². The van der Waals surface area contributed by atoms with Gasteiger partial charge in [0.15, 0.2) is 0 Å². The first-order chi connectivity index (χ1) is 9.69. The Balaban J connectivity index is 1.83. The van der Waals surface area contributed by atoms with Gasteiger partial charge >= 0.3 is 0 Å². The Morgan fingerprint density at radius 1 is 1.45 bits per heavy atom. The molecular weight excluding hydrogens is 324 g/mol. The third kappa shape index (κ3) is 4.63. The van der Waals surface area contributed by atoms with Gasteiger partial charge in [-0.3, -0.25) is 4.90 Å². The van der Waals surface area contributed by atoms with Crippen molar-refractivity contribution >= 4 is 21.6 Å². The largest absolute Gasteiger partial charge is 0.495 e. The van der Waals surface area contributed by atoms with Crippen LogP contribution in [0, 0.1) is 0 Å². The Kier molecular flexibility index (Phi) is 6.09. The fourth-order valence-electron chi connectivity index (χ4n) is 2.19. The van der Waals surface area contributed by atoms with Crippen molar-refractivity contribution in [2.24, 2.45) is 0 Å². The van der Waals surface area contributed by atoms with Gasteiger partial charge in [-0.05, 0) is 18.2 Å². The minimum Gasteiger partial charge on any atom is -0.495 e. The molecule has 1 atom stereocenters. The van der Waals surface area contributed by atoms with E-state index in [9.17, 15) is 5.11 Å². The normalized spacial score (nSPS) is 17.8. The Labute approximate surface area is 128 Å². The molecule has 2 N–H and O–H groups in total. The monoisotopic (exact) mass is 344 g/mol. The van der Waals surface area contributed by atoms with E-state index in [-0.39, 0.29) is 0 Å². The molecular formula is C14H21BrN2O3. The summed E-state index contributed by atoms with van der Waals surface area (Å²) in [6.45, 7) is 4.42. The maximum Gasteiger partial charge on any atom is 0.142 e. The van der Waals surface area contributed by atoms with Crippen molar-refractivity contribution in [3.63, 3.8) is 0 Å². The lowest BCUT2D eigenvalue weighted by Gasteiger charge is -2.28. The fourth-order valence-corrected chi connectivity index (χ4v) is 2.55. The number of methoxy groups -OCH3 is 1. The number of hydrogen-bond donors (Lipinski definition) is 2. The van der Waals surface area contributed by atoms with Crippen LogP contribution in [-0.2, 0) is 4.74 Å². The highest BCUT2D eigenvalue weighted by Crippen LogP contribution is 2.27. The Morgan fingerprint density at radius 3 is 2.90 bits per heavy atom. The van der Waals surface area contributed by atoms with Crippen molar-refractivity contribution < 1.29 is 14.6 Å². The third-order valence-electron chi connectivity index (χ3n) is 3.26. The topological polar surface area (TPSA) is 54.0 Å². The molecule has 1 unspecified atom stereocenters. The first-order valence-electron chi connectivity index (χ1n) is 6.74. The molecule has 6 heteroatoms. The molecule has 5 nitrogen and oxygen atoms in total. The summed E-state index contributed by atoms with van der Waals surface area (Å²) in [5, 5.41) is 13.3. The molecule has 1 saturated heterocycles. The lowest BCUT2D eigenvalue weighted by Crippen LogP contribution is -2.42. The van der Waals surface area contributed by atoms with Gasteiger partial charge in [-0.1, -0.05) is 15.9 Å². The zero-order chi connectivity index (χ0) is 14.4. The lowest BCUT2D eigenvalue weighted by molar-refractivity contribution is 0.0171. The molecule has 1 aromatic carbocycles. The molecule has 0 radical (unpaired) electrons. The highest BCUT2D eigenvalue weighted by Gasteiger charge is 2.15. The molecule has 1 fully saturated rings. The van der Waals surface area contributed by atoms with E-state index < -0.39 is 6.10 Å². The van der Waals surface area contributed by atoms with Gasteiger partial charge < -0.3 is 19.9 Å². The Morgan fingerprint density at radius 2 is 2.20 bits per heavy atom. The van der Waals surface area contributed by atoms with Crippen LogP contribution in [0.5, 0.6) is 5.75 Å². The molecule has 1 aliphatic heterocycles. The molecule has 0 aliphatic carbocycles. The van der Waals surface area contributed by atoms with Gasteiger partial charge in [0.05, 0.1) is 32.1 Å². The molecule has 0 spiro atoms. The summed E-state index contributed by atoms with van der Waals surface area (Å²) in [7, 11) is 1.64. The summed E-state index contributed by atoms with van der Waals surface area (Å²) in [5.41, 5.74) is 0.878.